The van der Waals surface area contributed by atoms with Gasteiger partial charge >= 0.3 is 0 Å². The van der Waals surface area contributed by atoms with Gasteiger partial charge in [-0.3, -0.25) is 0 Å². The third-order valence-electron chi connectivity index (χ3n) is 5.48. The normalized spacial score (nSPS) is 24.0. The summed E-state index contributed by atoms with van der Waals surface area (Å²) in [6.07, 6.45) is 6.56. The van der Waals surface area contributed by atoms with E-state index >= 15 is 0 Å². The molecule has 0 radical (unpaired) electrons. The van der Waals surface area contributed by atoms with Gasteiger partial charge < -0.3 is 19.0 Å². The van der Waals surface area contributed by atoms with Gasteiger partial charge in [0.2, 0.25) is 0 Å². The number of aliphatic hydroxyl groups excluding tert-OH is 1. The van der Waals surface area contributed by atoms with E-state index in [1.807, 2.05) is 13.8 Å². The van der Waals surface area contributed by atoms with Gasteiger partial charge in [0.05, 0.1) is 18.8 Å². The van der Waals surface area contributed by atoms with E-state index < -0.39 is 14.1 Å². The van der Waals surface area contributed by atoms with Crippen molar-refractivity contribution >= 4 is 8.32 Å². The quantitative estimate of drug-likeness (QED) is 0.463. The minimum atomic E-state index is -1.72. The summed E-state index contributed by atoms with van der Waals surface area (Å²) < 4.78 is 17.5. The summed E-state index contributed by atoms with van der Waals surface area (Å²) in [4.78, 5) is 0. The van der Waals surface area contributed by atoms with Gasteiger partial charge in [-0.25, -0.2) is 0 Å². The molecule has 0 aromatic carbocycles. The standard InChI is InChI=1S/C20H40O4Si/c1-16(11-9-10-12-17-15-22-20(5,6)24-17)18(21)13-14-23-25(7,8)19(2,3)4/h9-10,16-18,21H,11-15H2,1-8H3/b10-9+/t16-,17-,18+/m1/s1. The van der Waals surface area contributed by atoms with E-state index in [1.54, 1.807) is 0 Å². The molecule has 0 saturated carbocycles. The molecule has 0 aromatic heterocycles. The predicted molar refractivity (Wildman–Crippen MR) is 106 cm³/mol. The van der Waals surface area contributed by atoms with Gasteiger partial charge in [0.25, 0.3) is 0 Å². The Morgan fingerprint density at radius 3 is 2.44 bits per heavy atom. The summed E-state index contributed by atoms with van der Waals surface area (Å²) >= 11 is 0. The molecule has 0 aliphatic carbocycles. The second kappa shape index (κ2) is 9.13. The predicted octanol–water partition coefficient (Wildman–Crippen LogP) is 4.88. The van der Waals surface area contributed by atoms with Crippen LogP contribution in [0.25, 0.3) is 0 Å². The lowest BCUT2D eigenvalue weighted by molar-refractivity contribution is -0.137. The van der Waals surface area contributed by atoms with E-state index in [9.17, 15) is 5.11 Å². The highest BCUT2D eigenvalue weighted by atomic mass is 28.4. The van der Waals surface area contributed by atoms with E-state index in [-0.39, 0.29) is 23.2 Å². The minimum Gasteiger partial charge on any atom is -0.417 e. The van der Waals surface area contributed by atoms with Gasteiger partial charge in [0.15, 0.2) is 14.1 Å². The maximum Gasteiger partial charge on any atom is 0.191 e. The van der Waals surface area contributed by atoms with Crippen molar-refractivity contribution in [3.63, 3.8) is 0 Å². The first kappa shape index (κ1) is 22.8. The second-order valence-electron chi connectivity index (χ2n) is 9.34. The van der Waals surface area contributed by atoms with Crippen molar-refractivity contribution in [3.05, 3.63) is 12.2 Å². The highest BCUT2D eigenvalue weighted by Crippen LogP contribution is 2.36. The molecule has 0 spiro atoms. The molecule has 148 valence electrons. The third kappa shape index (κ3) is 7.91. The second-order valence-corrected chi connectivity index (χ2v) is 14.1. The Morgan fingerprint density at radius 1 is 1.28 bits per heavy atom. The van der Waals surface area contributed by atoms with Crippen LogP contribution in [0.15, 0.2) is 12.2 Å². The molecule has 1 aliphatic rings. The van der Waals surface area contributed by atoms with Crippen LogP contribution in [0, 0.1) is 5.92 Å². The number of hydrogen-bond acceptors (Lipinski definition) is 4. The minimum absolute atomic E-state index is 0.143. The van der Waals surface area contributed by atoms with Gasteiger partial charge in [0, 0.05) is 6.61 Å². The number of hydrogen-bond donors (Lipinski definition) is 1. The molecule has 0 unspecified atom stereocenters. The van der Waals surface area contributed by atoms with Crippen molar-refractivity contribution in [1.29, 1.82) is 0 Å². The number of ether oxygens (including phenoxy) is 2. The van der Waals surface area contributed by atoms with Crippen molar-refractivity contribution in [3.8, 4) is 0 Å². The maximum atomic E-state index is 10.4. The van der Waals surface area contributed by atoms with Crippen molar-refractivity contribution in [1.82, 2.24) is 0 Å². The van der Waals surface area contributed by atoms with E-state index in [0.717, 1.165) is 12.8 Å². The zero-order valence-corrected chi connectivity index (χ0v) is 18.6. The topological polar surface area (TPSA) is 47.9 Å². The Balaban J connectivity index is 2.24. The molecule has 0 aromatic rings. The fourth-order valence-corrected chi connectivity index (χ4v) is 3.59. The maximum absolute atomic E-state index is 10.4. The summed E-state index contributed by atoms with van der Waals surface area (Å²) in [5.74, 6) is -0.219. The molecule has 4 nitrogen and oxygen atoms in total. The largest absolute Gasteiger partial charge is 0.417 e. The third-order valence-corrected chi connectivity index (χ3v) is 10.0. The Morgan fingerprint density at radius 2 is 1.92 bits per heavy atom. The van der Waals surface area contributed by atoms with Crippen molar-refractivity contribution in [2.24, 2.45) is 5.92 Å². The summed E-state index contributed by atoms with van der Waals surface area (Å²) in [5, 5.41) is 10.6. The molecular weight excluding hydrogens is 332 g/mol. The molecular formula is C20H40O4Si. The molecule has 1 heterocycles. The molecule has 1 N–H and O–H groups in total. The lowest BCUT2D eigenvalue weighted by Gasteiger charge is -2.36. The number of allylic oxidation sites excluding steroid dienone is 1. The fraction of sp³-hybridized carbons (Fsp3) is 0.900. The van der Waals surface area contributed by atoms with Crippen LogP contribution in [-0.2, 0) is 13.9 Å². The molecule has 1 saturated heterocycles. The zero-order chi connectivity index (χ0) is 19.3. The molecule has 0 bridgehead atoms. The zero-order valence-electron chi connectivity index (χ0n) is 17.6. The van der Waals surface area contributed by atoms with E-state index in [1.165, 1.54) is 0 Å². The van der Waals surface area contributed by atoms with E-state index in [0.29, 0.717) is 19.6 Å². The van der Waals surface area contributed by atoms with Crippen molar-refractivity contribution in [2.75, 3.05) is 13.2 Å². The Kier molecular flexibility index (Phi) is 8.34. The Labute approximate surface area is 156 Å². The molecule has 1 fully saturated rings. The van der Waals surface area contributed by atoms with Crippen LogP contribution in [0.4, 0.5) is 0 Å². The van der Waals surface area contributed by atoms with Crippen molar-refractivity contribution in [2.45, 2.75) is 96.9 Å². The smallest absolute Gasteiger partial charge is 0.191 e. The average Bonchev–Trinajstić information content (AvgIpc) is 2.81. The SMILES string of the molecule is C[C@H](C/C=C/C[C@@H]1COC(C)(C)O1)[C@@H](O)CCO[Si](C)(C)C(C)(C)C. The molecule has 25 heavy (non-hydrogen) atoms. The average molecular weight is 373 g/mol. The van der Waals surface area contributed by atoms with E-state index in [4.69, 9.17) is 13.9 Å². The number of aliphatic hydroxyl groups is 1. The Hall–Kier alpha value is -0.203. The van der Waals surface area contributed by atoms with Gasteiger partial charge in [-0.05, 0) is 57.2 Å². The number of rotatable bonds is 9. The monoisotopic (exact) mass is 372 g/mol. The molecule has 1 aliphatic heterocycles. The lowest BCUT2D eigenvalue weighted by atomic mass is 9.98. The first-order chi connectivity index (χ1) is 11.3. The highest BCUT2D eigenvalue weighted by molar-refractivity contribution is 6.74. The van der Waals surface area contributed by atoms with Crippen LogP contribution in [0.5, 0.6) is 0 Å². The van der Waals surface area contributed by atoms with Crippen LogP contribution in [-0.4, -0.2) is 44.6 Å². The van der Waals surface area contributed by atoms with Gasteiger partial charge in [-0.15, -0.1) is 0 Å². The fourth-order valence-electron chi connectivity index (χ4n) is 2.53. The van der Waals surface area contributed by atoms with Gasteiger partial charge in [-0.1, -0.05) is 39.8 Å². The van der Waals surface area contributed by atoms with Crippen LogP contribution in [0.1, 0.15) is 60.8 Å². The molecule has 5 heteroatoms. The van der Waals surface area contributed by atoms with Crippen molar-refractivity contribution < 1.29 is 19.0 Å². The van der Waals surface area contributed by atoms with Gasteiger partial charge in [0.1, 0.15) is 0 Å². The Bertz CT molecular complexity index is 426. The summed E-state index contributed by atoms with van der Waals surface area (Å²) in [5.41, 5.74) is 0. The molecule has 3 atom stereocenters. The van der Waals surface area contributed by atoms with Gasteiger partial charge in [-0.2, -0.15) is 0 Å². The molecule has 1 rings (SSSR count). The summed E-state index contributed by atoms with van der Waals surface area (Å²) in [6.45, 7) is 18.5. The first-order valence-electron chi connectivity index (χ1n) is 9.63. The van der Waals surface area contributed by atoms with Crippen LogP contribution in [0.3, 0.4) is 0 Å². The summed E-state index contributed by atoms with van der Waals surface area (Å²) in [6, 6.07) is 0. The van der Waals surface area contributed by atoms with Crippen LogP contribution >= 0.6 is 0 Å². The summed E-state index contributed by atoms with van der Waals surface area (Å²) in [7, 11) is -1.72. The lowest BCUT2D eigenvalue weighted by Crippen LogP contribution is -2.41. The van der Waals surface area contributed by atoms with E-state index in [2.05, 4.69) is 52.9 Å². The van der Waals surface area contributed by atoms with Crippen LogP contribution < -0.4 is 0 Å². The molecule has 0 amide bonds. The van der Waals surface area contributed by atoms with Crippen LogP contribution in [0.2, 0.25) is 18.1 Å². The first-order valence-corrected chi connectivity index (χ1v) is 12.5. The highest BCUT2D eigenvalue weighted by Gasteiger charge is 2.37.